The van der Waals surface area contributed by atoms with Crippen molar-refractivity contribution in [1.82, 2.24) is 5.32 Å². The van der Waals surface area contributed by atoms with E-state index >= 15 is 0 Å². The van der Waals surface area contributed by atoms with Crippen LogP contribution in [0.5, 0.6) is 11.5 Å². The Hall–Kier alpha value is -2.69. The van der Waals surface area contributed by atoms with Crippen LogP contribution >= 0.6 is 0 Å². The first kappa shape index (κ1) is 16.2. The Labute approximate surface area is 142 Å². The van der Waals surface area contributed by atoms with E-state index in [0.717, 1.165) is 36.7 Å². The summed E-state index contributed by atoms with van der Waals surface area (Å²) in [6, 6.07) is 15.3. The van der Waals surface area contributed by atoms with E-state index in [4.69, 9.17) is 9.47 Å². The van der Waals surface area contributed by atoms with Crippen LogP contribution < -0.4 is 19.7 Å². The topological polar surface area (TPSA) is 50.8 Å². The minimum atomic E-state index is -0.0225. The third kappa shape index (κ3) is 3.62. The highest BCUT2D eigenvalue weighted by Crippen LogP contribution is 2.30. The molecule has 2 aromatic carbocycles. The lowest BCUT2D eigenvalue weighted by Gasteiger charge is -2.20. The summed E-state index contributed by atoms with van der Waals surface area (Å²) in [5.41, 5.74) is 1.74. The second kappa shape index (κ2) is 7.25. The summed E-state index contributed by atoms with van der Waals surface area (Å²) in [5.74, 6) is 1.51. The zero-order chi connectivity index (χ0) is 16.9. The van der Waals surface area contributed by atoms with Crippen LogP contribution in [0.1, 0.15) is 16.8 Å². The first-order chi connectivity index (χ1) is 11.7. The second-order valence-electron chi connectivity index (χ2n) is 5.84. The van der Waals surface area contributed by atoms with Crippen molar-refractivity contribution in [3.63, 3.8) is 0 Å². The largest absolute Gasteiger partial charge is 0.497 e. The summed E-state index contributed by atoms with van der Waals surface area (Å²) in [4.78, 5) is 14.5. The molecule has 1 saturated heterocycles. The molecule has 0 saturated carbocycles. The molecule has 2 aromatic rings. The third-order valence-corrected chi connectivity index (χ3v) is 4.26. The molecule has 24 heavy (non-hydrogen) atoms. The number of carbonyl (C=O) groups is 1. The molecule has 0 unspecified atom stereocenters. The quantitative estimate of drug-likeness (QED) is 0.918. The van der Waals surface area contributed by atoms with Gasteiger partial charge in [-0.05, 0) is 18.6 Å². The number of hydrogen-bond acceptors (Lipinski definition) is 4. The van der Waals surface area contributed by atoms with Gasteiger partial charge in [-0.1, -0.05) is 18.2 Å². The summed E-state index contributed by atoms with van der Waals surface area (Å²) in [6.07, 6.45) is 0.915. The van der Waals surface area contributed by atoms with Crippen LogP contribution in [0, 0.1) is 0 Å². The van der Waals surface area contributed by atoms with E-state index in [1.807, 2.05) is 48.5 Å². The third-order valence-electron chi connectivity index (χ3n) is 4.26. The molecule has 1 amide bonds. The summed E-state index contributed by atoms with van der Waals surface area (Å²) in [7, 11) is 3.29. The molecule has 1 aliphatic rings. The monoisotopic (exact) mass is 326 g/mol. The highest BCUT2D eigenvalue weighted by atomic mass is 16.5. The average Bonchev–Trinajstić information content (AvgIpc) is 3.10. The average molecular weight is 326 g/mol. The first-order valence-corrected chi connectivity index (χ1v) is 8.03. The van der Waals surface area contributed by atoms with E-state index in [-0.39, 0.29) is 11.9 Å². The lowest BCUT2D eigenvalue weighted by molar-refractivity contribution is 0.0940. The maximum Gasteiger partial charge on any atom is 0.251 e. The SMILES string of the molecule is COc1cc(OC)cc(N2CC[C@H](NC(=O)c3ccccc3)C2)c1. The Morgan fingerprint density at radius 3 is 2.38 bits per heavy atom. The predicted octanol–water partition coefficient (Wildman–Crippen LogP) is 2.71. The number of nitrogens with zero attached hydrogens (tertiary/aromatic N) is 1. The number of ether oxygens (including phenoxy) is 2. The molecule has 1 aliphatic heterocycles. The summed E-state index contributed by atoms with van der Waals surface area (Å²) < 4.78 is 10.7. The molecule has 1 fully saturated rings. The van der Waals surface area contributed by atoms with Gasteiger partial charge in [0.2, 0.25) is 0 Å². The zero-order valence-corrected chi connectivity index (χ0v) is 14.0. The van der Waals surface area contributed by atoms with Crippen LogP contribution in [0.15, 0.2) is 48.5 Å². The van der Waals surface area contributed by atoms with Crippen molar-refractivity contribution < 1.29 is 14.3 Å². The Kier molecular flexibility index (Phi) is 4.89. The van der Waals surface area contributed by atoms with Gasteiger partial charge < -0.3 is 19.7 Å². The van der Waals surface area contributed by atoms with Gasteiger partial charge in [0.05, 0.1) is 14.2 Å². The van der Waals surface area contributed by atoms with Crippen molar-refractivity contribution in [1.29, 1.82) is 0 Å². The number of benzene rings is 2. The summed E-state index contributed by atoms with van der Waals surface area (Å²) in [5, 5.41) is 3.11. The van der Waals surface area contributed by atoms with Crippen molar-refractivity contribution in [2.24, 2.45) is 0 Å². The number of rotatable bonds is 5. The van der Waals surface area contributed by atoms with Gasteiger partial charge in [-0.15, -0.1) is 0 Å². The van der Waals surface area contributed by atoms with E-state index in [2.05, 4.69) is 10.2 Å². The molecular formula is C19H22N2O3. The van der Waals surface area contributed by atoms with Gasteiger partial charge in [0.1, 0.15) is 11.5 Å². The molecule has 0 bridgehead atoms. The fraction of sp³-hybridized carbons (Fsp3) is 0.316. The summed E-state index contributed by atoms with van der Waals surface area (Å²) in [6.45, 7) is 1.66. The highest BCUT2D eigenvalue weighted by molar-refractivity contribution is 5.94. The van der Waals surface area contributed by atoms with E-state index in [1.54, 1.807) is 14.2 Å². The number of hydrogen-bond donors (Lipinski definition) is 1. The Balaban J connectivity index is 1.66. The molecular weight excluding hydrogens is 304 g/mol. The van der Waals surface area contributed by atoms with E-state index in [0.29, 0.717) is 5.56 Å². The van der Waals surface area contributed by atoms with Crippen molar-refractivity contribution in [2.75, 3.05) is 32.2 Å². The van der Waals surface area contributed by atoms with E-state index < -0.39 is 0 Å². The van der Waals surface area contributed by atoms with Crippen LogP contribution in [0.4, 0.5) is 5.69 Å². The smallest absolute Gasteiger partial charge is 0.251 e. The minimum Gasteiger partial charge on any atom is -0.497 e. The lowest BCUT2D eigenvalue weighted by Crippen LogP contribution is -2.37. The molecule has 1 heterocycles. The lowest BCUT2D eigenvalue weighted by atomic mass is 10.2. The van der Waals surface area contributed by atoms with Gasteiger partial charge in [-0.25, -0.2) is 0 Å². The van der Waals surface area contributed by atoms with Gasteiger partial charge in [-0.3, -0.25) is 4.79 Å². The van der Waals surface area contributed by atoms with Gasteiger partial charge in [0, 0.05) is 48.6 Å². The minimum absolute atomic E-state index is 0.0225. The van der Waals surface area contributed by atoms with Crippen molar-refractivity contribution in [3.05, 3.63) is 54.1 Å². The van der Waals surface area contributed by atoms with E-state index in [9.17, 15) is 4.79 Å². The molecule has 3 rings (SSSR count). The number of amides is 1. The molecule has 5 nitrogen and oxygen atoms in total. The molecule has 0 radical (unpaired) electrons. The number of methoxy groups -OCH3 is 2. The van der Waals surface area contributed by atoms with Crippen molar-refractivity contribution in [3.8, 4) is 11.5 Å². The van der Waals surface area contributed by atoms with Crippen LogP contribution in [0.2, 0.25) is 0 Å². The maximum absolute atomic E-state index is 12.3. The molecule has 0 aromatic heterocycles. The zero-order valence-electron chi connectivity index (χ0n) is 14.0. The van der Waals surface area contributed by atoms with Crippen LogP contribution in [-0.2, 0) is 0 Å². The molecule has 126 valence electrons. The first-order valence-electron chi connectivity index (χ1n) is 8.03. The number of anilines is 1. The highest BCUT2D eigenvalue weighted by Gasteiger charge is 2.25. The van der Waals surface area contributed by atoms with Crippen LogP contribution in [-0.4, -0.2) is 39.3 Å². The van der Waals surface area contributed by atoms with Crippen molar-refractivity contribution in [2.45, 2.75) is 12.5 Å². The van der Waals surface area contributed by atoms with E-state index in [1.165, 1.54) is 0 Å². The summed E-state index contributed by atoms with van der Waals surface area (Å²) >= 11 is 0. The maximum atomic E-state index is 12.3. The van der Waals surface area contributed by atoms with Gasteiger partial charge in [0.25, 0.3) is 5.91 Å². The molecule has 5 heteroatoms. The normalized spacial score (nSPS) is 16.8. The Morgan fingerprint density at radius 2 is 1.75 bits per heavy atom. The fourth-order valence-corrected chi connectivity index (χ4v) is 2.95. The molecule has 1 N–H and O–H groups in total. The second-order valence-corrected chi connectivity index (χ2v) is 5.84. The Bertz CT molecular complexity index is 681. The van der Waals surface area contributed by atoms with Gasteiger partial charge >= 0.3 is 0 Å². The standard InChI is InChI=1S/C19H22N2O3/c1-23-17-10-16(11-18(12-17)24-2)21-9-8-15(13-21)20-19(22)14-6-4-3-5-7-14/h3-7,10-12,15H,8-9,13H2,1-2H3,(H,20,22)/t15-/m0/s1. The van der Waals surface area contributed by atoms with Crippen molar-refractivity contribution >= 4 is 11.6 Å². The molecule has 0 spiro atoms. The fourth-order valence-electron chi connectivity index (χ4n) is 2.95. The number of carbonyl (C=O) groups excluding carboxylic acids is 1. The predicted molar refractivity (Wildman–Crippen MR) is 94.1 cm³/mol. The van der Waals surface area contributed by atoms with Crippen LogP contribution in [0.25, 0.3) is 0 Å². The molecule has 0 aliphatic carbocycles. The van der Waals surface area contributed by atoms with Gasteiger partial charge in [0.15, 0.2) is 0 Å². The van der Waals surface area contributed by atoms with Gasteiger partial charge in [-0.2, -0.15) is 0 Å². The number of nitrogens with one attached hydrogen (secondary N) is 1. The molecule has 1 atom stereocenters. The van der Waals surface area contributed by atoms with Crippen LogP contribution in [0.3, 0.4) is 0 Å². The Morgan fingerprint density at radius 1 is 1.08 bits per heavy atom.